The quantitative estimate of drug-likeness (QED) is 0.114. The number of ketones is 1. The number of hydrogen-bond donors (Lipinski definition) is 0. The van der Waals surface area contributed by atoms with Gasteiger partial charge in [0.25, 0.3) is 0 Å². The van der Waals surface area contributed by atoms with E-state index >= 15 is 0 Å². The van der Waals surface area contributed by atoms with Crippen LogP contribution >= 0.6 is 0 Å². The summed E-state index contributed by atoms with van der Waals surface area (Å²) in [5, 5.41) is 0. The first-order chi connectivity index (χ1) is 19.1. The van der Waals surface area contributed by atoms with Gasteiger partial charge in [0.05, 0.1) is 12.7 Å². The van der Waals surface area contributed by atoms with Gasteiger partial charge in [-0.05, 0) is 73.5 Å². The van der Waals surface area contributed by atoms with Crippen molar-refractivity contribution in [2.75, 3.05) is 7.11 Å². The number of ether oxygens (including phenoxy) is 4. The average Bonchev–Trinajstić information content (AvgIpc) is 2.93. The molecule has 4 aromatic rings. The predicted octanol–water partition coefficient (Wildman–Crippen LogP) is 8.05. The summed E-state index contributed by atoms with van der Waals surface area (Å²) in [6.45, 7) is 7.30. The Bertz CT molecular complexity index is 1430. The third-order valence-corrected chi connectivity index (χ3v) is 5.82. The molecule has 0 unspecified atom stereocenters. The van der Waals surface area contributed by atoms with Gasteiger partial charge in [0.1, 0.15) is 28.8 Å². The van der Waals surface area contributed by atoms with Crippen LogP contribution in [0.1, 0.15) is 56.6 Å². The van der Waals surface area contributed by atoms with Crippen molar-refractivity contribution in [3.8, 4) is 23.0 Å². The molecule has 0 aromatic heterocycles. The van der Waals surface area contributed by atoms with Crippen molar-refractivity contribution in [3.63, 3.8) is 0 Å². The van der Waals surface area contributed by atoms with Gasteiger partial charge >= 0.3 is 12.1 Å². The summed E-state index contributed by atoms with van der Waals surface area (Å²) in [7, 11) is 1.64. The van der Waals surface area contributed by atoms with Crippen molar-refractivity contribution in [1.82, 2.24) is 0 Å². The first-order valence-electron chi connectivity index (χ1n) is 12.6. The van der Waals surface area contributed by atoms with Crippen molar-refractivity contribution < 1.29 is 66.0 Å². The Hall–Kier alpha value is -3.81. The van der Waals surface area contributed by atoms with Crippen molar-refractivity contribution in [1.29, 1.82) is 0 Å². The first-order valence-corrected chi connectivity index (χ1v) is 12.6. The maximum absolute atomic E-state index is 12.3. The average molecular weight is 646 g/mol. The van der Waals surface area contributed by atoms with Crippen LogP contribution in [0.3, 0.4) is 0 Å². The molecule has 0 spiro atoms. The SMILES string of the molecule is C.CC(C)=O.COc1ccc(C(C)(C)c2ccc(OC(=O)Oc3cccc(OC(=O)c4ccccc4)c3)cc2)cc1.[Y]. The van der Waals surface area contributed by atoms with Gasteiger partial charge in [-0.1, -0.05) is 69.8 Å². The summed E-state index contributed by atoms with van der Waals surface area (Å²) in [4.78, 5) is 34.0. The van der Waals surface area contributed by atoms with E-state index in [1.54, 1.807) is 61.7 Å². The van der Waals surface area contributed by atoms with E-state index in [0.717, 1.165) is 16.9 Å². The van der Waals surface area contributed by atoms with Crippen molar-refractivity contribution in [2.45, 2.75) is 40.5 Å². The second-order valence-electron chi connectivity index (χ2n) is 9.47. The molecule has 0 aliphatic carbocycles. The summed E-state index contributed by atoms with van der Waals surface area (Å²) in [6.07, 6.45) is -0.899. The Labute approximate surface area is 273 Å². The number of carbonyl (C=O) groups is 3. The van der Waals surface area contributed by atoms with Gasteiger partial charge in [0.2, 0.25) is 0 Å². The molecule has 0 saturated carbocycles. The van der Waals surface area contributed by atoms with E-state index in [-0.39, 0.29) is 62.8 Å². The minimum atomic E-state index is -0.899. The second kappa shape index (κ2) is 17.2. The zero-order valence-electron chi connectivity index (χ0n) is 23.8. The van der Waals surface area contributed by atoms with Crippen LogP contribution in [0.15, 0.2) is 103 Å². The third kappa shape index (κ3) is 10.9. The van der Waals surface area contributed by atoms with E-state index in [9.17, 15) is 14.4 Å². The Morgan fingerprint density at radius 2 is 1.05 bits per heavy atom. The molecular weight excluding hydrogens is 609 g/mol. The zero-order valence-corrected chi connectivity index (χ0v) is 26.6. The standard InChI is InChI=1S/C30H26O6.C3H6O.CH4.Y/c1-30(2,22-12-16-24(33-3)17-13-22)23-14-18-25(19-15-23)35-29(32)36-27-11-7-10-26(20-27)34-28(31)21-8-5-4-6-9-21;1-3(2)4;;/h4-20H,1-3H3;1-2H3;1H4;. The molecule has 0 amide bonds. The van der Waals surface area contributed by atoms with Gasteiger partial charge in [-0.3, -0.25) is 0 Å². The molecule has 8 heteroatoms. The maximum atomic E-state index is 12.3. The smallest absolute Gasteiger partial charge is 0.497 e. The van der Waals surface area contributed by atoms with E-state index in [1.807, 2.05) is 42.5 Å². The molecule has 217 valence electrons. The fourth-order valence-corrected chi connectivity index (χ4v) is 3.67. The maximum Gasteiger partial charge on any atom is 0.519 e. The second-order valence-corrected chi connectivity index (χ2v) is 9.47. The Morgan fingerprint density at radius 1 is 0.595 bits per heavy atom. The number of benzene rings is 4. The van der Waals surface area contributed by atoms with Crippen LogP contribution < -0.4 is 18.9 Å². The van der Waals surface area contributed by atoms with E-state index in [1.165, 1.54) is 19.9 Å². The molecule has 0 fully saturated rings. The van der Waals surface area contributed by atoms with E-state index in [0.29, 0.717) is 11.3 Å². The largest absolute Gasteiger partial charge is 0.519 e. The molecule has 1 radical (unpaired) electrons. The van der Waals surface area contributed by atoms with Crippen LogP contribution in [0.5, 0.6) is 23.0 Å². The van der Waals surface area contributed by atoms with Gasteiger partial charge in [-0.15, -0.1) is 0 Å². The number of carbonyl (C=O) groups excluding carboxylic acids is 3. The van der Waals surface area contributed by atoms with Crippen molar-refractivity contribution >= 4 is 17.9 Å². The van der Waals surface area contributed by atoms with Gasteiger partial charge in [0.15, 0.2) is 0 Å². The summed E-state index contributed by atoms with van der Waals surface area (Å²) in [5.74, 6) is 1.25. The molecule has 0 saturated heterocycles. The van der Waals surface area contributed by atoms with E-state index in [2.05, 4.69) is 13.8 Å². The molecule has 4 rings (SSSR count). The topological polar surface area (TPSA) is 88.1 Å². The minimum absolute atomic E-state index is 0. The predicted molar refractivity (Wildman–Crippen MR) is 159 cm³/mol. The Balaban J connectivity index is 0.00000138. The fourth-order valence-electron chi connectivity index (χ4n) is 3.67. The van der Waals surface area contributed by atoms with Gasteiger partial charge in [-0.25, -0.2) is 9.59 Å². The molecule has 0 bridgehead atoms. The summed E-state index contributed by atoms with van der Waals surface area (Å²) < 4.78 is 21.2. The van der Waals surface area contributed by atoms with E-state index in [4.69, 9.17) is 18.9 Å². The fraction of sp³-hybridized carbons (Fsp3) is 0.206. The summed E-state index contributed by atoms with van der Waals surface area (Å²) in [6, 6.07) is 30.1. The third-order valence-electron chi connectivity index (χ3n) is 5.82. The molecule has 0 heterocycles. The van der Waals surface area contributed by atoms with Crippen molar-refractivity contribution in [3.05, 3.63) is 120 Å². The van der Waals surface area contributed by atoms with E-state index < -0.39 is 12.1 Å². The van der Waals surface area contributed by atoms with Crippen LogP contribution in [0.2, 0.25) is 0 Å². The Kier molecular flexibility index (Phi) is 14.8. The van der Waals surface area contributed by atoms with Crippen LogP contribution in [-0.4, -0.2) is 25.0 Å². The minimum Gasteiger partial charge on any atom is -0.497 e. The van der Waals surface area contributed by atoms with Gasteiger partial charge in [-0.2, -0.15) is 0 Å². The van der Waals surface area contributed by atoms with Crippen LogP contribution in [0.25, 0.3) is 0 Å². The van der Waals surface area contributed by atoms with Gasteiger partial charge in [0, 0.05) is 44.2 Å². The monoisotopic (exact) mass is 645 g/mol. The molecule has 42 heavy (non-hydrogen) atoms. The molecule has 0 aliphatic heterocycles. The van der Waals surface area contributed by atoms with Crippen LogP contribution in [-0.2, 0) is 42.9 Å². The molecule has 4 aromatic carbocycles. The van der Waals surface area contributed by atoms with Crippen LogP contribution in [0.4, 0.5) is 4.79 Å². The number of esters is 1. The van der Waals surface area contributed by atoms with Crippen molar-refractivity contribution in [2.24, 2.45) is 0 Å². The first kappa shape index (κ1) is 36.2. The Morgan fingerprint density at radius 3 is 1.55 bits per heavy atom. The molecule has 0 aliphatic rings. The molecule has 0 atom stereocenters. The molecular formula is C34H36O7Y. The number of Topliss-reactive ketones (excluding diaryl/α,β-unsaturated/α-hetero) is 1. The summed E-state index contributed by atoms with van der Waals surface area (Å²) in [5.41, 5.74) is 2.34. The number of methoxy groups -OCH3 is 1. The zero-order chi connectivity index (χ0) is 29.1. The van der Waals surface area contributed by atoms with Gasteiger partial charge < -0.3 is 23.7 Å². The number of hydrogen-bond acceptors (Lipinski definition) is 7. The number of rotatable bonds is 7. The normalized spacial score (nSPS) is 9.93. The molecule has 0 N–H and O–H groups in total. The molecule has 7 nitrogen and oxygen atoms in total. The summed E-state index contributed by atoms with van der Waals surface area (Å²) >= 11 is 0. The van der Waals surface area contributed by atoms with Crippen LogP contribution in [0, 0.1) is 0 Å².